The van der Waals surface area contributed by atoms with Crippen molar-refractivity contribution in [3.8, 4) is 0 Å². The minimum absolute atomic E-state index is 0.568. The van der Waals surface area contributed by atoms with Crippen molar-refractivity contribution in [3.63, 3.8) is 0 Å². The monoisotopic (exact) mass is 249 g/mol. The van der Waals surface area contributed by atoms with Gasteiger partial charge in [0.05, 0.1) is 26.4 Å². The van der Waals surface area contributed by atoms with Gasteiger partial charge in [0.2, 0.25) is 0 Å². The average Bonchev–Trinajstić information content (AvgIpc) is 2.32. The highest BCUT2D eigenvalue weighted by Crippen LogP contribution is 1.78. The SMILES string of the molecule is CCNCCOCCOCCNC(O)NCC. The van der Waals surface area contributed by atoms with E-state index in [2.05, 4.69) is 22.9 Å². The Kier molecular flexibility index (Phi) is 13.6. The summed E-state index contributed by atoms with van der Waals surface area (Å²) in [5.41, 5.74) is 0. The largest absolute Gasteiger partial charge is 0.378 e. The van der Waals surface area contributed by atoms with Gasteiger partial charge in [-0.1, -0.05) is 13.8 Å². The van der Waals surface area contributed by atoms with Gasteiger partial charge < -0.3 is 19.9 Å². The molecule has 0 aromatic carbocycles. The van der Waals surface area contributed by atoms with Crippen LogP contribution in [0.5, 0.6) is 0 Å². The first-order valence-corrected chi connectivity index (χ1v) is 6.32. The number of ether oxygens (including phenoxy) is 2. The highest BCUT2D eigenvalue weighted by Gasteiger charge is 1.98. The number of nitrogens with one attached hydrogen (secondary N) is 3. The van der Waals surface area contributed by atoms with Crippen molar-refractivity contribution in [2.45, 2.75) is 20.2 Å². The number of likely N-dealkylation sites (N-methyl/N-ethyl adjacent to an activating group) is 1. The Morgan fingerprint density at radius 1 is 0.882 bits per heavy atom. The summed E-state index contributed by atoms with van der Waals surface area (Å²) in [6.07, 6.45) is -0.653. The molecular formula is C11H27N3O3. The molecule has 0 aliphatic heterocycles. The molecule has 17 heavy (non-hydrogen) atoms. The molecule has 0 saturated heterocycles. The van der Waals surface area contributed by atoms with E-state index in [1.807, 2.05) is 6.92 Å². The number of aliphatic hydroxyl groups is 1. The fraction of sp³-hybridized carbons (Fsp3) is 1.00. The first-order valence-electron chi connectivity index (χ1n) is 6.32. The van der Waals surface area contributed by atoms with Crippen LogP contribution in [0.3, 0.4) is 0 Å². The topological polar surface area (TPSA) is 74.8 Å². The normalized spacial score (nSPS) is 12.9. The lowest BCUT2D eigenvalue weighted by Gasteiger charge is -2.13. The summed E-state index contributed by atoms with van der Waals surface area (Å²) in [5.74, 6) is 0. The second-order valence-corrected chi connectivity index (χ2v) is 3.49. The molecule has 0 radical (unpaired) electrons. The number of hydrogen-bond acceptors (Lipinski definition) is 6. The van der Waals surface area contributed by atoms with Crippen molar-refractivity contribution >= 4 is 0 Å². The Morgan fingerprint density at radius 3 is 2.12 bits per heavy atom. The van der Waals surface area contributed by atoms with E-state index in [1.54, 1.807) is 0 Å². The van der Waals surface area contributed by atoms with Gasteiger partial charge in [-0.25, -0.2) is 0 Å². The third kappa shape index (κ3) is 13.7. The van der Waals surface area contributed by atoms with Crippen molar-refractivity contribution in [2.24, 2.45) is 0 Å². The van der Waals surface area contributed by atoms with Gasteiger partial charge in [-0.05, 0) is 13.1 Å². The van der Waals surface area contributed by atoms with Crippen LogP contribution < -0.4 is 16.0 Å². The van der Waals surface area contributed by atoms with Crippen LogP contribution in [-0.2, 0) is 9.47 Å². The molecule has 0 bridgehead atoms. The van der Waals surface area contributed by atoms with Gasteiger partial charge in [-0.2, -0.15) is 0 Å². The Labute approximate surface area is 104 Å². The second kappa shape index (κ2) is 13.8. The van der Waals surface area contributed by atoms with Crippen LogP contribution in [0.4, 0.5) is 0 Å². The molecule has 0 fully saturated rings. The van der Waals surface area contributed by atoms with Crippen LogP contribution in [0.15, 0.2) is 0 Å². The molecule has 104 valence electrons. The number of hydrogen-bond donors (Lipinski definition) is 4. The standard InChI is InChI=1S/C11H27N3O3/c1-3-12-5-7-16-9-10-17-8-6-14-11(15)13-4-2/h11-15H,3-10H2,1-2H3. The van der Waals surface area contributed by atoms with Gasteiger partial charge in [0.25, 0.3) is 0 Å². The van der Waals surface area contributed by atoms with Crippen LogP contribution in [0.25, 0.3) is 0 Å². The lowest BCUT2D eigenvalue weighted by Crippen LogP contribution is -2.43. The maximum absolute atomic E-state index is 9.26. The first-order chi connectivity index (χ1) is 8.31. The predicted molar refractivity (Wildman–Crippen MR) is 67.9 cm³/mol. The van der Waals surface area contributed by atoms with E-state index >= 15 is 0 Å². The summed E-state index contributed by atoms with van der Waals surface area (Å²) in [7, 11) is 0. The molecule has 0 aromatic rings. The Morgan fingerprint density at radius 2 is 1.53 bits per heavy atom. The highest BCUT2D eigenvalue weighted by atomic mass is 16.5. The van der Waals surface area contributed by atoms with Crippen molar-refractivity contribution < 1.29 is 14.6 Å². The van der Waals surface area contributed by atoms with Crippen molar-refractivity contribution in [1.29, 1.82) is 0 Å². The van der Waals surface area contributed by atoms with E-state index in [4.69, 9.17) is 9.47 Å². The number of rotatable bonds is 13. The summed E-state index contributed by atoms with van der Waals surface area (Å²) >= 11 is 0. The summed E-state index contributed by atoms with van der Waals surface area (Å²) in [6.45, 7) is 9.69. The van der Waals surface area contributed by atoms with Crippen LogP contribution in [0, 0.1) is 0 Å². The minimum atomic E-state index is -0.653. The first kappa shape index (κ1) is 16.8. The molecule has 6 heteroatoms. The summed E-state index contributed by atoms with van der Waals surface area (Å²) in [4.78, 5) is 0. The number of aliphatic hydroxyl groups excluding tert-OH is 1. The van der Waals surface area contributed by atoms with E-state index in [0.717, 1.165) is 19.6 Å². The highest BCUT2D eigenvalue weighted by molar-refractivity contribution is 4.49. The predicted octanol–water partition coefficient (Wildman–Crippen LogP) is -0.896. The molecule has 0 saturated carbocycles. The lowest BCUT2D eigenvalue weighted by molar-refractivity contribution is 0.0404. The Hall–Kier alpha value is -0.240. The van der Waals surface area contributed by atoms with Gasteiger partial charge in [0.15, 0.2) is 6.35 Å². The molecule has 0 aliphatic carbocycles. The van der Waals surface area contributed by atoms with Crippen molar-refractivity contribution in [2.75, 3.05) is 52.6 Å². The molecule has 0 aromatic heterocycles. The average molecular weight is 249 g/mol. The molecule has 4 N–H and O–H groups in total. The van der Waals surface area contributed by atoms with Crippen LogP contribution >= 0.6 is 0 Å². The quantitative estimate of drug-likeness (QED) is 0.250. The molecule has 0 amide bonds. The molecule has 0 spiro atoms. The van der Waals surface area contributed by atoms with Gasteiger partial charge in [0.1, 0.15) is 0 Å². The minimum Gasteiger partial charge on any atom is -0.378 e. The fourth-order valence-corrected chi connectivity index (χ4v) is 1.18. The van der Waals surface area contributed by atoms with E-state index in [1.165, 1.54) is 0 Å². The van der Waals surface area contributed by atoms with Gasteiger partial charge in [-0.3, -0.25) is 10.6 Å². The zero-order valence-electron chi connectivity index (χ0n) is 11.0. The van der Waals surface area contributed by atoms with Crippen LogP contribution in [0.2, 0.25) is 0 Å². The third-order valence-electron chi connectivity index (χ3n) is 2.03. The zero-order chi connectivity index (χ0) is 12.8. The third-order valence-corrected chi connectivity index (χ3v) is 2.03. The molecule has 0 aliphatic rings. The van der Waals surface area contributed by atoms with Gasteiger partial charge >= 0.3 is 0 Å². The smallest absolute Gasteiger partial charge is 0.160 e. The molecule has 1 unspecified atom stereocenters. The van der Waals surface area contributed by atoms with E-state index in [-0.39, 0.29) is 0 Å². The maximum Gasteiger partial charge on any atom is 0.160 e. The molecule has 6 nitrogen and oxygen atoms in total. The van der Waals surface area contributed by atoms with Crippen molar-refractivity contribution in [3.05, 3.63) is 0 Å². The van der Waals surface area contributed by atoms with Gasteiger partial charge in [0, 0.05) is 13.1 Å². The summed E-state index contributed by atoms with van der Waals surface area (Å²) in [6, 6.07) is 0. The van der Waals surface area contributed by atoms with Crippen LogP contribution in [-0.4, -0.2) is 64.1 Å². The Balaban J connectivity index is 2.98. The molecular weight excluding hydrogens is 222 g/mol. The summed E-state index contributed by atoms with van der Waals surface area (Å²) < 4.78 is 10.7. The fourth-order valence-electron chi connectivity index (χ4n) is 1.18. The molecule has 0 rings (SSSR count). The van der Waals surface area contributed by atoms with Crippen molar-refractivity contribution in [1.82, 2.24) is 16.0 Å². The molecule has 1 atom stereocenters. The lowest BCUT2D eigenvalue weighted by atomic mass is 10.6. The summed E-state index contributed by atoms with van der Waals surface area (Å²) in [5, 5.41) is 18.1. The van der Waals surface area contributed by atoms with E-state index < -0.39 is 6.35 Å². The van der Waals surface area contributed by atoms with E-state index in [0.29, 0.717) is 33.0 Å². The van der Waals surface area contributed by atoms with Gasteiger partial charge in [-0.15, -0.1) is 0 Å². The molecule has 0 heterocycles. The second-order valence-electron chi connectivity index (χ2n) is 3.49. The van der Waals surface area contributed by atoms with E-state index in [9.17, 15) is 5.11 Å². The maximum atomic E-state index is 9.26. The Bertz CT molecular complexity index is 150. The van der Waals surface area contributed by atoms with Crippen LogP contribution in [0.1, 0.15) is 13.8 Å². The zero-order valence-corrected chi connectivity index (χ0v) is 11.0.